The molecule has 5 rings (SSSR count). The summed E-state index contributed by atoms with van der Waals surface area (Å²) >= 11 is 11.4. The van der Waals surface area contributed by atoms with Crippen molar-refractivity contribution in [3.8, 4) is 0 Å². The van der Waals surface area contributed by atoms with Gasteiger partial charge < -0.3 is 4.90 Å². The van der Waals surface area contributed by atoms with Gasteiger partial charge in [-0.05, 0) is 35.4 Å². The first-order valence-electron chi connectivity index (χ1n) is 11.5. The zero-order valence-electron chi connectivity index (χ0n) is 20.0. The SMILES string of the molecule is O=C(Cn1cccn1)N1CC(F)(c2ccc(C3=CC(c4cc(Cl)c(Cl)c(C(F)(F)F)c4)(C(F)(F)F)ON3)cc2)C1. The van der Waals surface area contributed by atoms with Crippen molar-refractivity contribution in [2.75, 3.05) is 13.1 Å². The van der Waals surface area contributed by atoms with Crippen molar-refractivity contribution in [1.82, 2.24) is 20.2 Å². The summed E-state index contributed by atoms with van der Waals surface area (Å²) in [6.07, 6.45) is -6.62. The van der Waals surface area contributed by atoms with Crippen LogP contribution >= 0.6 is 23.2 Å². The van der Waals surface area contributed by atoms with Crippen molar-refractivity contribution in [3.63, 3.8) is 0 Å². The Morgan fingerprint density at radius 1 is 1.05 bits per heavy atom. The minimum atomic E-state index is -5.22. The molecule has 1 fully saturated rings. The molecular formula is C25H17Cl2F7N4O2. The van der Waals surface area contributed by atoms with Gasteiger partial charge >= 0.3 is 12.4 Å². The number of amides is 1. The topological polar surface area (TPSA) is 59.4 Å². The number of carbonyl (C=O) groups excluding carboxylic acids is 1. The van der Waals surface area contributed by atoms with Crippen molar-refractivity contribution in [3.05, 3.63) is 93.2 Å². The Kier molecular flexibility index (Phi) is 6.83. The van der Waals surface area contributed by atoms with Gasteiger partial charge in [-0.15, -0.1) is 0 Å². The Hall–Kier alpha value is -3.29. The molecule has 40 heavy (non-hydrogen) atoms. The molecule has 0 aliphatic carbocycles. The van der Waals surface area contributed by atoms with Crippen LogP contribution < -0.4 is 5.48 Å². The van der Waals surface area contributed by atoms with E-state index in [1.807, 2.05) is 0 Å². The summed E-state index contributed by atoms with van der Waals surface area (Å²) in [7, 11) is 0. The Labute approximate surface area is 231 Å². The second-order valence-corrected chi connectivity index (χ2v) is 10.1. The van der Waals surface area contributed by atoms with Gasteiger partial charge in [0.25, 0.3) is 0 Å². The van der Waals surface area contributed by atoms with E-state index in [1.54, 1.807) is 12.3 Å². The Morgan fingerprint density at radius 3 is 2.30 bits per heavy atom. The van der Waals surface area contributed by atoms with Crippen LogP contribution in [0, 0.1) is 0 Å². The molecule has 2 aromatic carbocycles. The molecule has 0 saturated carbocycles. The summed E-state index contributed by atoms with van der Waals surface area (Å²) in [6, 6.07) is 7.88. The highest BCUT2D eigenvalue weighted by atomic mass is 35.5. The normalized spacial score (nSPS) is 20.6. The third kappa shape index (κ3) is 4.90. The number of halogens is 9. The fourth-order valence-corrected chi connectivity index (χ4v) is 4.93. The van der Waals surface area contributed by atoms with Crippen molar-refractivity contribution in [1.29, 1.82) is 0 Å². The van der Waals surface area contributed by atoms with Gasteiger partial charge in [0.2, 0.25) is 11.5 Å². The minimum Gasteiger partial charge on any atom is -0.334 e. The number of carbonyl (C=O) groups is 1. The highest BCUT2D eigenvalue weighted by Crippen LogP contribution is 2.50. The fraction of sp³-hybridized carbons (Fsp3) is 0.280. The second kappa shape index (κ2) is 9.67. The maximum atomic E-state index is 15.4. The highest BCUT2D eigenvalue weighted by Gasteiger charge is 2.60. The predicted molar refractivity (Wildman–Crippen MR) is 129 cm³/mol. The summed E-state index contributed by atoms with van der Waals surface area (Å²) < 4.78 is 100.0. The fourth-order valence-electron chi connectivity index (χ4n) is 4.49. The van der Waals surface area contributed by atoms with Crippen molar-refractivity contribution in [2.45, 2.75) is 30.2 Å². The third-order valence-electron chi connectivity index (χ3n) is 6.66. The number of nitrogens with zero attached hydrogens (tertiary/aromatic N) is 3. The summed E-state index contributed by atoms with van der Waals surface area (Å²) in [5.41, 5.74) is -5.47. The van der Waals surface area contributed by atoms with Crippen molar-refractivity contribution >= 4 is 34.8 Å². The lowest BCUT2D eigenvalue weighted by Crippen LogP contribution is -2.59. The molecule has 2 aliphatic rings. The summed E-state index contributed by atoms with van der Waals surface area (Å²) in [5.74, 6) is -0.328. The van der Waals surface area contributed by atoms with Crippen LogP contribution in [0.3, 0.4) is 0 Å². The predicted octanol–water partition coefficient (Wildman–Crippen LogP) is 6.25. The molecule has 0 bridgehead atoms. The van der Waals surface area contributed by atoms with E-state index in [0.717, 1.165) is 0 Å². The van der Waals surface area contributed by atoms with Gasteiger partial charge in [0, 0.05) is 18.0 Å². The van der Waals surface area contributed by atoms with Gasteiger partial charge in [0.05, 0.1) is 34.4 Å². The molecule has 6 nitrogen and oxygen atoms in total. The molecule has 1 atom stereocenters. The number of hydrogen-bond acceptors (Lipinski definition) is 4. The monoisotopic (exact) mass is 608 g/mol. The smallest absolute Gasteiger partial charge is 0.334 e. The lowest BCUT2D eigenvalue weighted by atomic mass is 9.86. The van der Waals surface area contributed by atoms with Gasteiger partial charge in [-0.3, -0.25) is 19.8 Å². The quantitative estimate of drug-likeness (QED) is 0.348. The first-order valence-corrected chi connectivity index (χ1v) is 12.2. The Morgan fingerprint density at radius 2 is 1.73 bits per heavy atom. The third-order valence-corrected chi connectivity index (χ3v) is 7.46. The number of hydroxylamine groups is 1. The number of benzene rings is 2. The van der Waals surface area contributed by atoms with Crippen LogP contribution in [-0.4, -0.2) is 39.9 Å². The molecule has 1 saturated heterocycles. The molecule has 1 amide bonds. The zero-order chi connectivity index (χ0) is 29.1. The minimum absolute atomic E-state index is 0.0495. The summed E-state index contributed by atoms with van der Waals surface area (Å²) in [6.45, 7) is -0.481. The van der Waals surface area contributed by atoms with E-state index in [0.29, 0.717) is 12.1 Å². The van der Waals surface area contributed by atoms with Crippen LogP contribution in [0.1, 0.15) is 22.3 Å². The van der Waals surface area contributed by atoms with Gasteiger partial charge in [-0.25, -0.2) is 4.39 Å². The van der Waals surface area contributed by atoms with Gasteiger partial charge in [0.1, 0.15) is 6.54 Å². The van der Waals surface area contributed by atoms with Gasteiger partial charge in [-0.2, -0.15) is 31.4 Å². The van der Waals surface area contributed by atoms with Gasteiger partial charge in [-0.1, -0.05) is 47.5 Å². The summed E-state index contributed by atoms with van der Waals surface area (Å²) in [5, 5.41) is 2.24. The molecule has 2 aliphatic heterocycles. The van der Waals surface area contributed by atoms with Crippen LogP contribution in [0.2, 0.25) is 10.0 Å². The van der Waals surface area contributed by atoms with E-state index in [4.69, 9.17) is 28.0 Å². The van der Waals surface area contributed by atoms with Crippen molar-refractivity contribution < 1.29 is 40.4 Å². The largest absolute Gasteiger partial charge is 0.428 e. The molecule has 0 radical (unpaired) electrons. The Balaban J connectivity index is 1.39. The molecule has 3 aromatic rings. The Bertz CT molecular complexity index is 1470. The number of nitrogens with one attached hydrogen (secondary N) is 1. The van der Waals surface area contributed by atoms with Crippen molar-refractivity contribution in [2.24, 2.45) is 0 Å². The first-order chi connectivity index (χ1) is 18.6. The van der Waals surface area contributed by atoms with Crippen LogP contribution in [0.4, 0.5) is 30.7 Å². The van der Waals surface area contributed by atoms with E-state index >= 15 is 4.39 Å². The molecule has 1 aromatic heterocycles. The van der Waals surface area contributed by atoms with Crippen LogP contribution in [-0.2, 0) is 33.6 Å². The number of aromatic nitrogens is 2. The molecule has 1 N–H and O–H groups in total. The van der Waals surface area contributed by atoms with E-state index < -0.39 is 44.8 Å². The van der Waals surface area contributed by atoms with Gasteiger partial charge in [0.15, 0.2) is 5.67 Å². The second-order valence-electron chi connectivity index (χ2n) is 9.31. The molecule has 0 spiro atoms. The number of alkyl halides is 7. The zero-order valence-corrected chi connectivity index (χ0v) is 21.5. The molecular weight excluding hydrogens is 592 g/mol. The molecule has 3 heterocycles. The van der Waals surface area contributed by atoms with Crippen LogP contribution in [0.15, 0.2) is 60.9 Å². The highest BCUT2D eigenvalue weighted by molar-refractivity contribution is 6.42. The lowest BCUT2D eigenvalue weighted by molar-refractivity contribution is -0.269. The van der Waals surface area contributed by atoms with E-state index in [-0.39, 0.29) is 48.4 Å². The van der Waals surface area contributed by atoms with Crippen LogP contribution in [0.25, 0.3) is 5.70 Å². The van der Waals surface area contributed by atoms with E-state index in [2.05, 4.69) is 10.6 Å². The first kappa shape index (κ1) is 28.2. The van der Waals surface area contributed by atoms with Crippen LogP contribution in [0.5, 0.6) is 0 Å². The van der Waals surface area contributed by atoms with E-state index in [9.17, 15) is 31.1 Å². The summed E-state index contributed by atoms with van der Waals surface area (Å²) in [4.78, 5) is 18.5. The number of likely N-dealkylation sites (tertiary alicyclic amines) is 1. The lowest BCUT2D eigenvalue weighted by Gasteiger charge is -2.44. The maximum Gasteiger partial charge on any atom is 0.428 e. The molecule has 15 heteroatoms. The standard InChI is InChI=1S/C25H17Cl2F7N4O2/c26-18-9-16(8-17(21(18)27)24(29,30)31)23(25(32,33)34)10-19(36-40-23)14-2-4-15(5-3-14)22(28)12-37(13-22)20(39)11-38-7-1-6-35-38/h1-10,36H,11-13H2. The number of hydrogen-bond donors (Lipinski definition) is 1. The maximum absolute atomic E-state index is 15.4. The average molecular weight is 609 g/mol. The molecule has 212 valence electrons. The van der Waals surface area contributed by atoms with E-state index in [1.165, 1.54) is 40.0 Å². The average Bonchev–Trinajstić information content (AvgIpc) is 3.54. The molecule has 1 unspecified atom stereocenters. The number of rotatable bonds is 5.